The van der Waals surface area contributed by atoms with Crippen molar-refractivity contribution in [2.75, 3.05) is 22.9 Å². The molecule has 0 aromatic heterocycles. The van der Waals surface area contributed by atoms with Crippen molar-refractivity contribution in [3.05, 3.63) is 9.13 Å². The fourth-order valence-electron chi connectivity index (χ4n) is 2.32. The maximum absolute atomic E-state index is 6.14. The summed E-state index contributed by atoms with van der Waals surface area (Å²) in [4.78, 5) is 0. The Morgan fingerprint density at radius 2 is 0.947 bits per heavy atom. The lowest BCUT2D eigenvalue weighted by molar-refractivity contribution is 0.559. The molecule has 106 valence electrons. The van der Waals surface area contributed by atoms with Crippen LogP contribution in [0.15, 0.2) is 0 Å². The van der Waals surface area contributed by atoms with Crippen LogP contribution in [0.2, 0.25) is 0 Å². The van der Waals surface area contributed by atoms with Crippen LogP contribution in [0.3, 0.4) is 0 Å². The summed E-state index contributed by atoms with van der Waals surface area (Å²) in [5.74, 6) is 0. The van der Waals surface area contributed by atoms with Crippen molar-refractivity contribution < 1.29 is 0 Å². The normalized spacial score (nSPS) is 22.2. The van der Waals surface area contributed by atoms with Crippen LogP contribution in [-0.2, 0) is 5.54 Å². The Balaban J connectivity index is 2.81. The van der Waals surface area contributed by atoms with Crippen molar-refractivity contribution >= 4 is 45.3 Å². The molecule has 1 fully saturated rings. The Labute approximate surface area is 123 Å². The van der Waals surface area contributed by atoms with E-state index in [9.17, 15) is 0 Å². The third kappa shape index (κ3) is 1.30. The van der Waals surface area contributed by atoms with Gasteiger partial charge in [0.2, 0.25) is 0 Å². The molecule has 0 atom stereocenters. The molecule has 2 rings (SSSR count). The lowest BCUT2D eigenvalue weighted by Crippen LogP contribution is -2.53. The molecule has 19 heavy (non-hydrogen) atoms. The highest BCUT2D eigenvalue weighted by Crippen LogP contribution is 2.57. The monoisotopic (exact) mass is 379 g/mol. The quantitative estimate of drug-likeness (QED) is 0.137. The molecule has 1 aromatic carbocycles. The summed E-state index contributed by atoms with van der Waals surface area (Å²) in [7, 11) is 0. The molecule has 0 saturated heterocycles. The van der Waals surface area contributed by atoms with Crippen molar-refractivity contribution in [2.24, 2.45) is 28.7 Å². The number of halogens is 1. The molecule has 10 heteroatoms. The molecule has 1 aliphatic rings. The number of hydrogen-bond acceptors (Lipinski definition) is 9. The highest BCUT2D eigenvalue weighted by Gasteiger charge is 2.82. The lowest BCUT2D eigenvalue weighted by Gasteiger charge is -2.23. The second kappa shape index (κ2) is 3.53. The minimum atomic E-state index is -1.58. The van der Waals surface area contributed by atoms with Crippen molar-refractivity contribution in [1.82, 2.24) is 0 Å². The zero-order chi connectivity index (χ0) is 15.0. The Hall–Kier alpha value is -1.05. The summed E-state index contributed by atoms with van der Waals surface area (Å²) < 4.78 is 0.528. The standard InChI is InChI=1S/C9H18IN9/c10-2-5(13)3(11)1(4(12)6(2)14)7(15)8(16,17)9(7,18)19/h11-19H2. The molecule has 0 radical (unpaired) electrons. The second-order valence-electron chi connectivity index (χ2n) is 4.89. The van der Waals surface area contributed by atoms with Gasteiger partial charge in [-0.3, -0.25) is 0 Å². The van der Waals surface area contributed by atoms with Crippen LogP contribution < -0.4 is 51.6 Å². The van der Waals surface area contributed by atoms with Crippen LogP contribution in [0.5, 0.6) is 0 Å². The summed E-state index contributed by atoms with van der Waals surface area (Å²) in [6, 6.07) is 0. The van der Waals surface area contributed by atoms with Crippen LogP contribution in [-0.4, -0.2) is 11.3 Å². The zero-order valence-electron chi connectivity index (χ0n) is 10.1. The molecule has 0 spiro atoms. The third-order valence-corrected chi connectivity index (χ3v) is 5.08. The predicted octanol–water partition coefficient (Wildman–Crippen LogP) is -2.99. The van der Waals surface area contributed by atoms with E-state index >= 15 is 0 Å². The van der Waals surface area contributed by atoms with E-state index < -0.39 is 16.9 Å². The Morgan fingerprint density at radius 3 is 1.21 bits per heavy atom. The molecule has 1 aliphatic carbocycles. The minimum Gasteiger partial charge on any atom is -0.397 e. The topological polar surface area (TPSA) is 234 Å². The van der Waals surface area contributed by atoms with Crippen LogP contribution in [0.25, 0.3) is 0 Å². The summed E-state index contributed by atoms with van der Waals surface area (Å²) in [5, 5.41) is 0. The largest absolute Gasteiger partial charge is 0.397 e. The van der Waals surface area contributed by atoms with Gasteiger partial charge >= 0.3 is 0 Å². The molecule has 0 amide bonds. The molecular formula is C9H18IN9. The number of nitrogens with two attached hydrogens (primary N) is 9. The molecule has 9 nitrogen and oxygen atoms in total. The van der Waals surface area contributed by atoms with Crippen molar-refractivity contribution in [3.63, 3.8) is 0 Å². The Kier molecular flexibility index (Phi) is 2.67. The zero-order valence-corrected chi connectivity index (χ0v) is 12.2. The highest BCUT2D eigenvalue weighted by molar-refractivity contribution is 14.1. The molecule has 18 N–H and O–H groups in total. The smallest absolute Gasteiger partial charge is 0.124 e. The van der Waals surface area contributed by atoms with Gasteiger partial charge in [-0.05, 0) is 22.6 Å². The summed E-state index contributed by atoms with van der Waals surface area (Å²) in [6.45, 7) is 0. The number of anilines is 4. The molecule has 0 unspecified atom stereocenters. The van der Waals surface area contributed by atoms with Gasteiger partial charge in [0.15, 0.2) is 0 Å². The Morgan fingerprint density at radius 1 is 0.632 bits per heavy atom. The average Bonchev–Trinajstić information content (AvgIpc) is 2.62. The van der Waals surface area contributed by atoms with Crippen LogP contribution in [0, 0.1) is 3.57 Å². The van der Waals surface area contributed by atoms with Gasteiger partial charge in [0.1, 0.15) is 16.9 Å². The number of nitrogen functional groups attached to an aromatic ring is 4. The fourth-order valence-corrected chi connectivity index (χ4v) is 2.90. The van der Waals surface area contributed by atoms with E-state index in [1.165, 1.54) is 0 Å². The number of benzene rings is 1. The Bertz CT molecular complexity index is 537. The van der Waals surface area contributed by atoms with Crippen molar-refractivity contribution in [3.8, 4) is 0 Å². The van der Waals surface area contributed by atoms with E-state index in [0.29, 0.717) is 3.57 Å². The third-order valence-electron chi connectivity index (χ3n) is 3.91. The molecular weight excluding hydrogens is 361 g/mol. The van der Waals surface area contributed by atoms with Crippen molar-refractivity contribution in [2.45, 2.75) is 16.9 Å². The van der Waals surface area contributed by atoms with Gasteiger partial charge in [-0.15, -0.1) is 0 Å². The van der Waals surface area contributed by atoms with Gasteiger partial charge in [-0.1, -0.05) is 0 Å². The first-order chi connectivity index (χ1) is 8.43. The van der Waals surface area contributed by atoms with E-state index in [2.05, 4.69) is 0 Å². The molecule has 1 saturated carbocycles. The van der Waals surface area contributed by atoms with Crippen LogP contribution in [0.1, 0.15) is 5.56 Å². The van der Waals surface area contributed by atoms with E-state index in [1.807, 2.05) is 22.6 Å². The number of hydrogen-bond donors (Lipinski definition) is 9. The number of rotatable bonds is 1. The maximum Gasteiger partial charge on any atom is 0.124 e. The van der Waals surface area contributed by atoms with Crippen molar-refractivity contribution in [1.29, 1.82) is 0 Å². The first-order valence-corrected chi connectivity index (χ1v) is 6.37. The van der Waals surface area contributed by atoms with Gasteiger partial charge in [-0.2, -0.15) is 0 Å². The lowest BCUT2D eigenvalue weighted by atomic mass is 9.96. The molecule has 0 bridgehead atoms. The van der Waals surface area contributed by atoms with Crippen LogP contribution in [0.4, 0.5) is 22.7 Å². The van der Waals surface area contributed by atoms with Gasteiger partial charge in [0.05, 0.1) is 26.3 Å². The van der Waals surface area contributed by atoms with Gasteiger partial charge < -0.3 is 51.6 Å². The molecule has 1 aromatic rings. The van der Waals surface area contributed by atoms with Gasteiger partial charge in [-0.25, -0.2) is 0 Å². The van der Waals surface area contributed by atoms with E-state index in [0.717, 1.165) is 0 Å². The molecule has 0 aliphatic heterocycles. The van der Waals surface area contributed by atoms with Gasteiger partial charge in [0.25, 0.3) is 0 Å². The van der Waals surface area contributed by atoms with Gasteiger partial charge in [0, 0.05) is 5.56 Å². The minimum absolute atomic E-state index is 0.136. The van der Waals surface area contributed by atoms with E-state index in [-0.39, 0.29) is 28.3 Å². The molecule has 0 heterocycles. The summed E-state index contributed by atoms with van der Waals surface area (Å²) in [6.07, 6.45) is 0. The van der Waals surface area contributed by atoms with E-state index in [1.54, 1.807) is 0 Å². The average molecular weight is 379 g/mol. The fraction of sp³-hybridized carbons (Fsp3) is 0.333. The summed E-state index contributed by atoms with van der Waals surface area (Å²) >= 11 is 1.93. The van der Waals surface area contributed by atoms with E-state index in [4.69, 9.17) is 51.6 Å². The SMILES string of the molecule is Nc1c(N)c(C2(N)C(N)(N)C2(N)N)c(N)c(N)c1I. The first-order valence-electron chi connectivity index (χ1n) is 5.29. The second-order valence-corrected chi connectivity index (χ2v) is 5.97. The van der Waals surface area contributed by atoms with Crippen LogP contribution >= 0.6 is 22.6 Å². The highest BCUT2D eigenvalue weighted by atomic mass is 127. The predicted molar refractivity (Wildman–Crippen MR) is 84.9 cm³/mol. The summed E-state index contributed by atoms with van der Waals surface area (Å²) in [5.41, 5.74) is 49.4. The maximum atomic E-state index is 6.14. The first kappa shape index (κ1) is 14.4.